The molecule has 2 aliphatic carbocycles. The van der Waals surface area contributed by atoms with Gasteiger partial charge in [0.15, 0.2) is 5.82 Å². The smallest absolute Gasteiger partial charge is 0.229 e. The molecule has 1 aromatic heterocycles. The number of aromatic nitrogens is 2. The first kappa shape index (κ1) is 43.9. The van der Waals surface area contributed by atoms with Gasteiger partial charge in [0.2, 0.25) is 5.95 Å². The first-order valence-corrected chi connectivity index (χ1v) is 24.0. The van der Waals surface area contributed by atoms with Crippen LogP contribution in [-0.2, 0) is 6.42 Å². The zero-order valence-corrected chi connectivity index (χ0v) is 38.8. The Morgan fingerprint density at radius 2 is 1.70 bits per heavy atom. The van der Waals surface area contributed by atoms with E-state index in [2.05, 4.69) is 114 Å². The molecule has 3 aromatic rings. The number of anilines is 5. The molecule has 2 saturated carbocycles. The quantitative estimate of drug-likeness (QED) is 0.147. The topological polar surface area (TPSA) is 74.8 Å². The Bertz CT molecular complexity index is 2330. The SMILES string of the molecule is C=C1CCC(c2c(F)cc(N3CC[C@H](C(=C)N4CC5(C4)CC(CCC)(NC(=C)c4ccc(Nc6ncc7c(n6)N(C6CCCC6)C(CC)C(=C)N7C)c(CC)c4)C5)C3)cc2F)C(=C)N1. The summed E-state index contributed by atoms with van der Waals surface area (Å²) in [4.78, 5) is 19.3. The number of nitrogens with one attached hydrogen (secondary N) is 3. The van der Waals surface area contributed by atoms with E-state index in [1.807, 2.05) is 6.20 Å². The lowest BCUT2D eigenvalue weighted by Crippen LogP contribution is -2.71. The van der Waals surface area contributed by atoms with Gasteiger partial charge < -0.3 is 35.6 Å². The number of piperidine rings is 1. The number of allylic oxidation sites excluding steroid dienone is 2. The van der Waals surface area contributed by atoms with Crippen molar-refractivity contribution in [3.8, 4) is 0 Å². The Hall–Kier alpha value is -5.32. The highest BCUT2D eigenvalue weighted by Gasteiger charge is 2.60. The molecule has 4 aliphatic heterocycles. The van der Waals surface area contributed by atoms with E-state index in [0.29, 0.717) is 42.8 Å². The number of likely N-dealkylation sites (N-methyl/N-ethyl adjacent to an activating group) is 1. The summed E-state index contributed by atoms with van der Waals surface area (Å²) < 4.78 is 31.1. The van der Waals surface area contributed by atoms with Crippen molar-refractivity contribution < 1.29 is 8.78 Å². The van der Waals surface area contributed by atoms with Gasteiger partial charge in [0.1, 0.15) is 17.3 Å². The van der Waals surface area contributed by atoms with Gasteiger partial charge in [-0.3, -0.25) is 0 Å². The van der Waals surface area contributed by atoms with E-state index < -0.39 is 17.6 Å². The molecule has 3 N–H and O–H groups in total. The number of halogens is 2. The first-order valence-electron chi connectivity index (χ1n) is 24.0. The molecule has 11 heteroatoms. The van der Waals surface area contributed by atoms with Crippen LogP contribution >= 0.6 is 0 Å². The van der Waals surface area contributed by atoms with Gasteiger partial charge in [-0.25, -0.2) is 13.8 Å². The molecule has 3 atom stereocenters. The maximum absolute atomic E-state index is 15.5. The van der Waals surface area contributed by atoms with E-state index in [9.17, 15) is 0 Å². The minimum atomic E-state index is -0.508. The van der Waals surface area contributed by atoms with Crippen LogP contribution in [0.4, 0.5) is 37.6 Å². The van der Waals surface area contributed by atoms with Crippen molar-refractivity contribution in [1.29, 1.82) is 0 Å². The monoisotopic (exact) mass is 870 g/mol. The summed E-state index contributed by atoms with van der Waals surface area (Å²) in [6, 6.07) is 10.3. The molecule has 0 amide bonds. The van der Waals surface area contributed by atoms with Gasteiger partial charge in [0, 0.05) is 107 Å². The Labute approximate surface area is 380 Å². The molecule has 0 bridgehead atoms. The van der Waals surface area contributed by atoms with Crippen molar-refractivity contribution in [3.05, 3.63) is 121 Å². The fourth-order valence-corrected chi connectivity index (χ4v) is 12.5. The van der Waals surface area contributed by atoms with Crippen molar-refractivity contribution in [2.75, 3.05) is 53.2 Å². The van der Waals surface area contributed by atoms with E-state index >= 15 is 8.78 Å². The molecule has 6 aliphatic rings. The van der Waals surface area contributed by atoms with Crippen LogP contribution in [-0.4, -0.2) is 65.7 Å². The Balaban J connectivity index is 0.810. The maximum atomic E-state index is 15.5. The van der Waals surface area contributed by atoms with Gasteiger partial charge in [0.25, 0.3) is 0 Å². The lowest BCUT2D eigenvalue weighted by Gasteiger charge is -2.66. The number of nitrogens with zero attached hydrogens (tertiary/aromatic N) is 6. The predicted octanol–water partition coefficient (Wildman–Crippen LogP) is 11.3. The summed E-state index contributed by atoms with van der Waals surface area (Å²) >= 11 is 0. The third-order valence-corrected chi connectivity index (χ3v) is 15.7. The molecular weight excluding hydrogens is 801 g/mol. The zero-order chi connectivity index (χ0) is 45.1. The number of likely N-dealkylation sites (tertiary alicyclic amines) is 1. The molecule has 0 radical (unpaired) electrons. The molecule has 64 heavy (non-hydrogen) atoms. The fraction of sp³-hybridized carbons (Fsp3) is 0.509. The molecule has 340 valence electrons. The van der Waals surface area contributed by atoms with E-state index in [1.54, 1.807) is 0 Å². The molecule has 3 saturated heterocycles. The first-order chi connectivity index (χ1) is 30.7. The summed E-state index contributed by atoms with van der Waals surface area (Å²) in [7, 11) is 2.08. The largest absolute Gasteiger partial charge is 0.380 e. The highest BCUT2D eigenvalue weighted by molar-refractivity contribution is 5.76. The third kappa shape index (κ3) is 7.95. The van der Waals surface area contributed by atoms with Gasteiger partial charge in [-0.1, -0.05) is 79.0 Å². The van der Waals surface area contributed by atoms with E-state index in [1.165, 1.54) is 43.4 Å². The Kier molecular flexibility index (Phi) is 11.8. The number of benzene rings is 2. The second-order valence-corrected chi connectivity index (χ2v) is 20.0. The molecule has 5 heterocycles. The molecular formula is C53H69F2N9. The van der Waals surface area contributed by atoms with E-state index in [0.717, 1.165) is 110 Å². The van der Waals surface area contributed by atoms with Crippen LogP contribution < -0.4 is 30.7 Å². The highest BCUT2D eigenvalue weighted by atomic mass is 19.1. The molecule has 2 unspecified atom stereocenters. The van der Waals surface area contributed by atoms with Crippen LogP contribution in [0.2, 0.25) is 0 Å². The highest BCUT2D eigenvalue weighted by Crippen LogP contribution is 2.58. The van der Waals surface area contributed by atoms with Crippen LogP contribution in [0.25, 0.3) is 5.70 Å². The number of aryl methyl sites for hydroxylation is 1. The number of hydrogen-bond donors (Lipinski definition) is 3. The van der Waals surface area contributed by atoms with Crippen LogP contribution in [0.15, 0.2) is 92.2 Å². The van der Waals surface area contributed by atoms with Gasteiger partial charge in [0.05, 0.1) is 12.2 Å². The van der Waals surface area contributed by atoms with Crippen LogP contribution in [0.5, 0.6) is 0 Å². The van der Waals surface area contributed by atoms with Crippen molar-refractivity contribution in [3.63, 3.8) is 0 Å². The summed E-state index contributed by atoms with van der Waals surface area (Å²) in [6.07, 6.45) is 15.3. The average Bonchev–Trinajstić information content (AvgIpc) is 3.97. The molecule has 5 fully saturated rings. The van der Waals surface area contributed by atoms with Crippen LogP contribution in [0, 0.1) is 23.0 Å². The molecule has 1 spiro atoms. The van der Waals surface area contributed by atoms with Crippen LogP contribution in [0.1, 0.15) is 120 Å². The van der Waals surface area contributed by atoms with Gasteiger partial charge in [-0.15, -0.1) is 0 Å². The minimum Gasteiger partial charge on any atom is -0.380 e. The Morgan fingerprint density at radius 3 is 2.38 bits per heavy atom. The van der Waals surface area contributed by atoms with Gasteiger partial charge in [-0.05, 0) is 99.6 Å². The lowest BCUT2D eigenvalue weighted by molar-refractivity contribution is -0.104. The van der Waals surface area contributed by atoms with Crippen molar-refractivity contribution >= 4 is 34.5 Å². The molecule has 9 rings (SSSR count). The molecule has 2 aromatic carbocycles. The van der Waals surface area contributed by atoms with Crippen molar-refractivity contribution in [2.45, 2.75) is 128 Å². The second-order valence-electron chi connectivity index (χ2n) is 20.0. The zero-order valence-electron chi connectivity index (χ0n) is 38.8. The third-order valence-electron chi connectivity index (χ3n) is 15.7. The average molecular weight is 870 g/mol. The summed E-state index contributed by atoms with van der Waals surface area (Å²) in [5.41, 5.74) is 9.97. The van der Waals surface area contributed by atoms with Crippen molar-refractivity contribution in [2.24, 2.45) is 11.3 Å². The summed E-state index contributed by atoms with van der Waals surface area (Å²) in [6.45, 7) is 31.8. The fourth-order valence-electron chi connectivity index (χ4n) is 12.5. The predicted molar refractivity (Wildman–Crippen MR) is 260 cm³/mol. The van der Waals surface area contributed by atoms with E-state index in [-0.39, 0.29) is 28.5 Å². The minimum absolute atomic E-state index is 0.0119. The number of hydrogen-bond acceptors (Lipinski definition) is 9. The van der Waals surface area contributed by atoms with Gasteiger partial charge in [-0.2, -0.15) is 4.98 Å². The summed E-state index contributed by atoms with van der Waals surface area (Å²) in [5, 5.41) is 10.7. The number of fused-ring (bicyclic) bond motifs is 1. The maximum Gasteiger partial charge on any atom is 0.229 e. The van der Waals surface area contributed by atoms with Crippen LogP contribution in [0.3, 0.4) is 0 Å². The van der Waals surface area contributed by atoms with Crippen molar-refractivity contribution in [1.82, 2.24) is 25.5 Å². The van der Waals surface area contributed by atoms with E-state index in [4.69, 9.17) is 9.97 Å². The summed E-state index contributed by atoms with van der Waals surface area (Å²) in [5.74, 6) is 0.448. The van der Waals surface area contributed by atoms with Gasteiger partial charge >= 0.3 is 0 Å². The number of rotatable bonds is 14. The second kappa shape index (κ2) is 17.2. The Morgan fingerprint density at radius 1 is 0.969 bits per heavy atom. The normalized spacial score (nSPS) is 23.8. The standard InChI is InChI=1S/C53H69F2N9/c1-10-22-53(29-52(30-53)31-63(32-52)36(7)40-21-23-62(28-40)42-25-44(54)49(45(55)26-42)43-19-17-33(4)57-35(43)6)60-34(5)39-18-20-46(38(11-2)24-39)58-51-56-27-48-50(59-51)64(41-15-13-14-16-41)47(12-3)37(8)61(48)9/h18,20,24-27,40-41,43,47,57,60H,4-8,10-17,19,21-23,28-32H2,1-3,9H3,(H,56,58,59)/t40-,43?,47?/m0/s1. The lowest BCUT2D eigenvalue weighted by atomic mass is 9.52. The molecule has 9 nitrogen and oxygen atoms in total.